The Bertz CT molecular complexity index is 1110. The molecule has 6 nitrogen and oxygen atoms in total. The Hall–Kier alpha value is -3.41. The van der Waals surface area contributed by atoms with Crippen LogP contribution in [0.4, 0.5) is 0 Å². The van der Waals surface area contributed by atoms with Crippen molar-refractivity contribution in [1.82, 2.24) is 5.32 Å². The first-order valence-corrected chi connectivity index (χ1v) is 9.72. The SMILES string of the molecule is CCNC(=O)/C=C(\C)c1cc2c(-c3ccc(OC)c(OC)c3)coc2c(C)c1OC. The first-order chi connectivity index (χ1) is 14.4. The van der Waals surface area contributed by atoms with Crippen LogP contribution in [0.5, 0.6) is 17.2 Å². The smallest absolute Gasteiger partial charge is 0.244 e. The minimum atomic E-state index is -0.137. The minimum Gasteiger partial charge on any atom is -0.496 e. The highest BCUT2D eigenvalue weighted by Gasteiger charge is 2.19. The number of amides is 1. The number of ether oxygens (including phenoxy) is 3. The van der Waals surface area contributed by atoms with Crippen molar-refractivity contribution in [2.75, 3.05) is 27.9 Å². The summed E-state index contributed by atoms with van der Waals surface area (Å²) in [7, 11) is 4.84. The zero-order valence-corrected chi connectivity index (χ0v) is 18.2. The van der Waals surface area contributed by atoms with E-state index in [2.05, 4.69) is 5.32 Å². The van der Waals surface area contributed by atoms with Crippen molar-refractivity contribution in [3.05, 3.63) is 47.7 Å². The number of rotatable bonds is 7. The first kappa shape index (κ1) is 21.3. The summed E-state index contributed by atoms with van der Waals surface area (Å²) >= 11 is 0. The van der Waals surface area contributed by atoms with Crippen molar-refractivity contribution in [2.24, 2.45) is 0 Å². The number of hydrogen-bond acceptors (Lipinski definition) is 5. The van der Waals surface area contributed by atoms with E-state index in [1.54, 1.807) is 33.7 Å². The van der Waals surface area contributed by atoms with Gasteiger partial charge in [-0.3, -0.25) is 4.79 Å². The van der Waals surface area contributed by atoms with E-state index in [4.69, 9.17) is 18.6 Å². The molecule has 6 heteroatoms. The van der Waals surface area contributed by atoms with Gasteiger partial charge < -0.3 is 23.9 Å². The number of likely N-dealkylation sites (N-methyl/N-ethyl adjacent to an activating group) is 1. The molecule has 1 aromatic heterocycles. The van der Waals surface area contributed by atoms with Crippen molar-refractivity contribution in [3.63, 3.8) is 0 Å². The molecule has 0 bridgehead atoms. The molecular formula is C24H27NO5. The number of hydrogen-bond donors (Lipinski definition) is 1. The lowest BCUT2D eigenvalue weighted by Gasteiger charge is -2.13. The largest absolute Gasteiger partial charge is 0.496 e. The van der Waals surface area contributed by atoms with Crippen LogP contribution in [0.1, 0.15) is 25.0 Å². The molecule has 0 atom stereocenters. The maximum Gasteiger partial charge on any atom is 0.244 e. The van der Waals surface area contributed by atoms with Crippen molar-refractivity contribution >= 4 is 22.4 Å². The molecule has 0 fully saturated rings. The average molecular weight is 409 g/mol. The Morgan fingerprint density at radius 1 is 1.10 bits per heavy atom. The Kier molecular flexibility index (Phi) is 6.35. The first-order valence-electron chi connectivity index (χ1n) is 9.72. The van der Waals surface area contributed by atoms with Crippen LogP contribution in [-0.2, 0) is 4.79 Å². The van der Waals surface area contributed by atoms with Gasteiger partial charge in [0.2, 0.25) is 5.91 Å². The lowest BCUT2D eigenvalue weighted by atomic mass is 9.96. The van der Waals surface area contributed by atoms with Crippen molar-refractivity contribution in [1.29, 1.82) is 0 Å². The van der Waals surface area contributed by atoms with E-state index in [1.165, 1.54) is 0 Å². The number of fused-ring (bicyclic) bond motifs is 1. The third-order valence-electron chi connectivity index (χ3n) is 5.07. The van der Waals surface area contributed by atoms with Crippen molar-refractivity contribution < 1.29 is 23.4 Å². The summed E-state index contributed by atoms with van der Waals surface area (Å²) in [6, 6.07) is 7.74. The summed E-state index contributed by atoms with van der Waals surface area (Å²) < 4.78 is 22.4. The van der Waals surface area contributed by atoms with Gasteiger partial charge in [0.25, 0.3) is 0 Å². The molecule has 0 saturated carbocycles. The predicted octanol–water partition coefficient (Wildman–Crippen LogP) is 4.97. The van der Waals surface area contributed by atoms with Crippen LogP contribution in [0.2, 0.25) is 0 Å². The molecule has 0 saturated heterocycles. The Morgan fingerprint density at radius 3 is 2.47 bits per heavy atom. The molecule has 0 spiro atoms. The number of nitrogens with one attached hydrogen (secondary N) is 1. The number of allylic oxidation sites excluding steroid dienone is 1. The number of carbonyl (C=O) groups is 1. The van der Waals surface area contributed by atoms with E-state index < -0.39 is 0 Å². The number of aryl methyl sites for hydroxylation is 1. The van der Waals surface area contributed by atoms with E-state index in [0.29, 0.717) is 23.8 Å². The van der Waals surface area contributed by atoms with Crippen LogP contribution in [-0.4, -0.2) is 33.8 Å². The quantitative estimate of drug-likeness (QED) is 0.558. The molecule has 158 valence electrons. The van der Waals surface area contributed by atoms with Gasteiger partial charge in [0.1, 0.15) is 11.3 Å². The summed E-state index contributed by atoms with van der Waals surface area (Å²) in [4.78, 5) is 12.1. The summed E-state index contributed by atoms with van der Waals surface area (Å²) in [5, 5.41) is 3.72. The van der Waals surface area contributed by atoms with E-state index in [0.717, 1.165) is 38.8 Å². The second-order valence-electron chi connectivity index (χ2n) is 6.90. The molecule has 3 rings (SSSR count). The molecule has 3 aromatic rings. The standard InChI is InChI=1S/C24H27NO5/c1-7-25-22(26)10-14(2)17-12-18-19(13-30-24(18)15(3)23(17)29-6)16-8-9-20(27-4)21(11-16)28-5/h8-13H,7H2,1-6H3,(H,25,26)/b14-10+. The van der Waals surface area contributed by atoms with Crippen molar-refractivity contribution in [2.45, 2.75) is 20.8 Å². The molecule has 1 amide bonds. The molecule has 1 N–H and O–H groups in total. The van der Waals surface area contributed by atoms with Gasteiger partial charge in [-0.2, -0.15) is 0 Å². The minimum absolute atomic E-state index is 0.137. The molecule has 2 aromatic carbocycles. The van der Waals surface area contributed by atoms with Crippen molar-refractivity contribution in [3.8, 4) is 28.4 Å². The van der Waals surface area contributed by atoms with Crippen LogP contribution >= 0.6 is 0 Å². The van der Waals surface area contributed by atoms with Crippen LogP contribution in [0.15, 0.2) is 41.0 Å². The van der Waals surface area contributed by atoms with E-state index in [1.807, 2.05) is 45.0 Å². The van der Waals surface area contributed by atoms with Gasteiger partial charge in [-0.1, -0.05) is 6.07 Å². The second-order valence-corrected chi connectivity index (χ2v) is 6.90. The van der Waals surface area contributed by atoms with Crippen LogP contribution in [0.3, 0.4) is 0 Å². The van der Waals surface area contributed by atoms with E-state index >= 15 is 0 Å². The molecule has 30 heavy (non-hydrogen) atoms. The zero-order valence-electron chi connectivity index (χ0n) is 18.2. The number of carbonyl (C=O) groups excluding carboxylic acids is 1. The Balaban J connectivity index is 2.21. The van der Waals surface area contributed by atoms with Crippen LogP contribution in [0.25, 0.3) is 27.7 Å². The van der Waals surface area contributed by atoms with Gasteiger partial charge in [-0.15, -0.1) is 0 Å². The molecule has 0 radical (unpaired) electrons. The van der Waals surface area contributed by atoms with E-state index in [-0.39, 0.29) is 5.91 Å². The second kappa shape index (κ2) is 8.95. The maximum absolute atomic E-state index is 12.1. The highest BCUT2D eigenvalue weighted by molar-refractivity contribution is 6.01. The van der Waals surface area contributed by atoms with Crippen LogP contribution in [0, 0.1) is 6.92 Å². The molecule has 0 aliphatic rings. The van der Waals surface area contributed by atoms with Crippen LogP contribution < -0.4 is 19.5 Å². The maximum atomic E-state index is 12.1. The Morgan fingerprint density at radius 2 is 1.83 bits per heavy atom. The third-order valence-corrected chi connectivity index (χ3v) is 5.07. The highest BCUT2D eigenvalue weighted by atomic mass is 16.5. The summed E-state index contributed by atoms with van der Waals surface area (Å²) in [5.41, 5.74) is 5.13. The zero-order chi connectivity index (χ0) is 21.8. The summed E-state index contributed by atoms with van der Waals surface area (Å²) in [6.45, 7) is 6.31. The highest BCUT2D eigenvalue weighted by Crippen LogP contribution is 2.42. The molecule has 0 aliphatic carbocycles. The monoisotopic (exact) mass is 409 g/mol. The lowest BCUT2D eigenvalue weighted by molar-refractivity contribution is -0.116. The number of methoxy groups -OCH3 is 3. The fourth-order valence-corrected chi connectivity index (χ4v) is 3.60. The topological polar surface area (TPSA) is 69.9 Å². The molecule has 1 heterocycles. The van der Waals surface area contributed by atoms with E-state index in [9.17, 15) is 4.79 Å². The number of furan rings is 1. The van der Waals surface area contributed by atoms with Gasteiger partial charge in [0.15, 0.2) is 11.5 Å². The molecular weight excluding hydrogens is 382 g/mol. The third kappa shape index (κ3) is 3.85. The predicted molar refractivity (Wildman–Crippen MR) is 118 cm³/mol. The normalized spacial score (nSPS) is 11.5. The number of benzene rings is 2. The van der Waals surface area contributed by atoms with Gasteiger partial charge in [0, 0.05) is 34.7 Å². The lowest BCUT2D eigenvalue weighted by Crippen LogP contribution is -2.20. The van der Waals surface area contributed by atoms with Gasteiger partial charge >= 0.3 is 0 Å². The summed E-state index contributed by atoms with van der Waals surface area (Å²) in [6.07, 6.45) is 3.31. The average Bonchev–Trinajstić information content (AvgIpc) is 3.17. The van der Waals surface area contributed by atoms with Gasteiger partial charge in [-0.25, -0.2) is 0 Å². The fraction of sp³-hybridized carbons (Fsp3) is 0.292. The Labute approximate surface area is 176 Å². The van der Waals surface area contributed by atoms with Gasteiger partial charge in [0.05, 0.1) is 27.6 Å². The fourth-order valence-electron chi connectivity index (χ4n) is 3.60. The molecule has 0 unspecified atom stereocenters. The summed E-state index contributed by atoms with van der Waals surface area (Å²) in [5.74, 6) is 1.85. The molecule has 0 aliphatic heterocycles. The van der Waals surface area contributed by atoms with Gasteiger partial charge in [-0.05, 0) is 50.1 Å².